The van der Waals surface area contributed by atoms with E-state index < -0.39 is 6.17 Å². The van der Waals surface area contributed by atoms with Crippen molar-refractivity contribution in [1.82, 2.24) is 4.90 Å². The molecule has 2 saturated heterocycles. The lowest BCUT2D eigenvalue weighted by molar-refractivity contribution is -0.00527. The Morgan fingerprint density at radius 2 is 2.00 bits per heavy atom. The van der Waals surface area contributed by atoms with E-state index in [1.165, 1.54) is 19.3 Å². The van der Waals surface area contributed by atoms with Gasteiger partial charge in [0.2, 0.25) is 0 Å². The summed E-state index contributed by atoms with van der Waals surface area (Å²) in [6.45, 7) is 8.59. The highest BCUT2D eigenvalue weighted by Gasteiger charge is 2.53. The van der Waals surface area contributed by atoms with Crippen LogP contribution in [0.1, 0.15) is 46.5 Å². The van der Waals surface area contributed by atoms with Crippen LogP contribution < -0.4 is 0 Å². The number of piperidine rings is 1. The molecule has 0 aromatic carbocycles. The van der Waals surface area contributed by atoms with Gasteiger partial charge in [0, 0.05) is 12.1 Å². The second-order valence-corrected chi connectivity index (χ2v) is 5.99. The van der Waals surface area contributed by atoms with Crippen LogP contribution in [0.3, 0.4) is 0 Å². The number of nitrogens with zero attached hydrogens (tertiary/aromatic N) is 1. The highest BCUT2D eigenvalue weighted by atomic mass is 19.1. The lowest BCUT2D eigenvalue weighted by Crippen LogP contribution is -2.55. The first kappa shape index (κ1) is 10.4. The van der Waals surface area contributed by atoms with E-state index in [1.807, 2.05) is 0 Å². The molecule has 1 nitrogen and oxygen atoms in total. The quantitative estimate of drug-likeness (QED) is 0.579. The average molecular weight is 199 g/mol. The van der Waals surface area contributed by atoms with E-state index in [-0.39, 0.29) is 11.0 Å². The van der Waals surface area contributed by atoms with Crippen LogP contribution in [0.15, 0.2) is 0 Å². The van der Waals surface area contributed by atoms with Gasteiger partial charge in [-0.1, -0.05) is 27.2 Å². The molecule has 0 aromatic heterocycles. The Kier molecular flexibility index (Phi) is 2.37. The molecule has 14 heavy (non-hydrogen) atoms. The second kappa shape index (κ2) is 3.19. The minimum absolute atomic E-state index is 0.157. The van der Waals surface area contributed by atoms with Crippen molar-refractivity contribution in [2.45, 2.75) is 58.2 Å². The second-order valence-electron chi connectivity index (χ2n) is 5.99. The lowest BCUT2D eigenvalue weighted by Gasteiger charge is -2.51. The Hall–Kier alpha value is -0.110. The third-order valence-electron chi connectivity index (χ3n) is 4.25. The van der Waals surface area contributed by atoms with Crippen molar-refractivity contribution in [2.24, 2.45) is 5.41 Å². The van der Waals surface area contributed by atoms with Crippen molar-refractivity contribution < 1.29 is 4.39 Å². The molecule has 82 valence electrons. The van der Waals surface area contributed by atoms with Crippen molar-refractivity contribution in [3.63, 3.8) is 0 Å². The third-order valence-corrected chi connectivity index (χ3v) is 4.25. The molecule has 2 aliphatic heterocycles. The zero-order valence-corrected chi connectivity index (χ0v) is 9.65. The Labute approximate surface area is 86.7 Å². The van der Waals surface area contributed by atoms with Crippen molar-refractivity contribution in [1.29, 1.82) is 0 Å². The van der Waals surface area contributed by atoms with Crippen LogP contribution in [-0.2, 0) is 0 Å². The van der Waals surface area contributed by atoms with Crippen LogP contribution in [0.2, 0.25) is 0 Å². The zero-order chi connectivity index (χ0) is 10.4. The summed E-state index contributed by atoms with van der Waals surface area (Å²) in [5, 5.41) is 0. The largest absolute Gasteiger partial charge is 0.294 e. The molecular formula is C12H22FN. The predicted octanol–water partition coefficient (Wildman–Crippen LogP) is 3.00. The van der Waals surface area contributed by atoms with Crippen molar-refractivity contribution in [2.75, 3.05) is 13.1 Å². The first-order valence-corrected chi connectivity index (χ1v) is 5.85. The van der Waals surface area contributed by atoms with E-state index in [1.54, 1.807) is 0 Å². The number of rotatable bonds is 0. The summed E-state index contributed by atoms with van der Waals surface area (Å²) < 4.78 is 13.6. The Morgan fingerprint density at radius 1 is 1.29 bits per heavy atom. The van der Waals surface area contributed by atoms with Gasteiger partial charge in [0.1, 0.15) is 6.17 Å². The molecule has 0 amide bonds. The molecule has 2 unspecified atom stereocenters. The molecule has 0 spiro atoms. The summed E-state index contributed by atoms with van der Waals surface area (Å²) in [6.07, 6.45) is 3.89. The average Bonchev–Trinajstić information content (AvgIpc) is 2.40. The topological polar surface area (TPSA) is 3.24 Å². The number of alkyl halides is 1. The summed E-state index contributed by atoms with van der Waals surface area (Å²) in [5.41, 5.74) is 0.374. The van der Waals surface area contributed by atoms with Crippen molar-refractivity contribution in [3.8, 4) is 0 Å². The molecule has 2 rings (SSSR count). The van der Waals surface area contributed by atoms with Gasteiger partial charge in [-0.2, -0.15) is 0 Å². The predicted molar refractivity (Wildman–Crippen MR) is 57.1 cm³/mol. The van der Waals surface area contributed by atoms with Crippen molar-refractivity contribution >= 4 is 0 Å². The van der Waals surface area contributed by atoms with Crippen LogP contribution in [0.25, 0.3) is 0 Å². The normalized spacial score (nSPS) is 39.9. The molecule has 2 aliphatic rings. The summed E-state index contributed by atoms with van der Waals surface area (Å²) in [7, 11) is 0. The monoisotopic (exact) mass is 199 g/mol. The molecule has 2 heteroatoms. The molecule has 2 atom stereocenters. The lowest BCUT2D eigenvalue weighted by atomic mass is 9.67. The van der Waals surface area contributed by atoms with E-state index >= 15 is 0 Å². The Balaban J connectivity index is 2.28. The fourth-order valence-corrected chi connectivity index (χ4v) is 3.42. The van der Waals surface area contributed by atoms with Gasteiger partial charge in [-0.05, 0) is 31.2 Å². The van der Waals surface area contributed by atoms with Gasteiger partial charge in [0.25, 0.3) is 0 Å². The molecule has 0 aromatic rings. The molecule has 2 heterocycles. The molecule has 0 bridgehead atoms. The Bertz CT molecular complexity index is 221. The smallest absolute Gasteiger partial charge is 0.115 e. The summed E-state index contributed by atoms with van der Waals surface area (Å²) in [6, 6.07) is 0. The SMILES string of the molecule is CC(C)(C)C12CCCCN1CC(F)C2. The van der Waals surface area contributed by atoms with Gasteiger partial charge in [-0.3, -0.25) is 4.90 Å². The maximum Gasteiger partial charge on any atom is 0.115 e. The van der Waals surface area contributed by atoms with E-state index in [4.69, 9.17) is 0 Å². The molecular weight excluding hydrogens is 177 g/mol. The molecule has 0 aliphatic carbocycles. The van der Waals surface area contributed by atoms with Crippen LogP contribution in [0, 0.1) is 5.41 Å². The highest BCUT2D eigenvalue weighted by Crippen LogP contribution is 2.49. The van der Waals surface area contributed by atoms with Crippen LogP contribution in [0.5, 0.6) is 0 Å². The fourth-order valence-electron chi connectivity index (χ4n) is 3.42. The first-order valence-electron chi connectivity index (χ1n) is 5.85. The van der Waals surface area contributed by atoms with Gasteiger partial charge in [-0.25, -0.2) is 4.39 Å². The van der Waals surface area contributed by atoms with Crippen LogP contribution in [0.4, 0.5) is 4.39 Å². The van der Waals surface area contributed by atoms with Gasteiger partial charge in [0.05, 0.1) is 0 Å². The molecule has 2 fully saturated rings. The third kappa shape index (κ3) is 1.39. The maximum atomic E-state index is 13.6. The van der Waals surface area contributed by atoms with Crippen LogP contribution in [-0.4, -0.2) is 29.7 Å². The summed E-state index contributed by atoms with van der Waals surface area (Å²) in [5.74, 6) is 0. The van der Waals surface area contributed by atoms with Crippen molar-refractivity contribution in [3.05, 3.63) is 0 Å². The minimum atomic E-state index is -0.590. The zero-order valence-electron chi connectivity index (χ0n) is 9.65. The van der Waals surface area contributed by atoms with E-state index in [0.29, 0.717) is 6.54 Å². The summed E-state index contributed by atoms with van der Waals surface area (Å²) in [4.78, 5) is 2.42. The number of hydrogen-bond acceptors (Lipinski definition) is 1. The van der Waals surface area contributed by atoms with E-state index in [2.05, 4.69) is 25.7 Å². The van der Waals surface area contributed by atoms with Crippen LogP contribution >= 0.6 is 0 Å². The molecule has 0 radical (unpaired) electrons. The van der Waals surface area contributed by atoms with Gasteiger partial charge >= 0.3 is 0 Å². The highest BCUT2D eigenvalue weighted by molar-refractivity contribution is 5.07. The molecule has 0 N–H and O–H groups in total. The fraction of sp³-hybridized carbons (Fsp3) is 1.00. The van der Waals surface area contributed by atoms with E-state index in [9.17, 15) is 4.39 Å². The van der Waals surface area contributed by atoms with Gasteiger partial charge in [-0.15, -0.1) is 0 Å². The minimum Gasteiger partial charge on any atom is -0.294 e. The maximum absolute atomic E-state index is 13.6. The number of hydrogen-bond donors (Lipinski definition) is 0. The Morgan fingerprint density at radius 3 is 2.57 bits per heavy atom. The first-order chi connectivity index (χ1) is 6.46. The van der Waals surface area contributed by atoms with E-state index in [0.717, 1.165) is 13.0 Å². The number of fused-ring (bicyclic) bond motifs is 1. The van der Waals surface area contributed by atoms with Gasteiger partial charge in [0.15, 0.2) is 0 Å². The number of halogens is 1. The standard InChI is InChI=1S/C12H22FN/c1-11(2,3)12-6-4-5-7-14(12)9-10(13)8-12/h10H,4-9H2,1-3H3. The molecule has 0 saturated carbocycles. The van der Waals surface area contributed by atoms with Gasteiger partial charge < -0.3 is 0 Å². The summed E-state index contributed by atoms with van der Waals surface area (Å²) >= 11 is 0.